The molecule has 1 aliphatic heterocycles. The highest BCUT2D eigenvalue weighted by atomic mass is 19.1. The van der Waals surface area contributed by atoms with E-state index in [0.717, 1.165) is 59.7 Å². The fraction of sp³-hybridized carbons (Fsp3) is 0.360. The zero-order valence-corrected chi connectivity index (χ0v) is 18.0. The third kappa shape index (κ3) is 3.08. The third-order valence-electron chi connectivity index (χ3n) is 6.30. The molecule has 5 rings (SSSR count). The Kier molecular flexibility index (Phi) is 4.58. The molecule has 0 N–H and O–H groups in total. The van der Waals surface area contributed by atoms with Crippen molar-refractivity contribution >= 4 is 22.2 Å². The quantitative estimate of drug-likeness (QED) is 0.585. The van der Waals surface area contributed by atoms with Gasteiger partial charge in [0.25, 0.3) is 0 Å². The highest BCUT2D eigenvalue weighted by molar-refractivity contribution is 5.90. The van der Waals surface area contributed by atoms with E-state index in [9.17, 15) is 0 Å². The summed E-state index contributed by atoms with van der Waals surface area (Å²) < 4.78 is 17.1. The van der Waals surface area contributed by atoms with Gasteiger partial charge in [0.2, 0.25) is 0 Å². The third-order valence-corrected chi connectivity index (χ3v) is 6.30. The van der Waals surface area contributed by atoms with Gasteiger partial charge in [0.1, 0.15) is 11.3 Å². The van der Waals surface area contributed by atoms with Crippen LogP contribution in [0.2, 0.25) is 0 Å². The van der Waals surface area contributed by atoms with Gasteiger partial charge in [-0.25, -0.2) is 9.37 Å². The summed E-state index contributed by atoms with van der Waals surface area (Å²) in [6.07, 6.45) is 8.28. The molecule has 0 saturated heterocycles. The summed E-state index contributed by atoms with van der Waals surface area (Å²) in [6, 6.07) is 6.17. The van der Waals surface area contributed by atoms with Gasteiger partial charge >= 0.3 is 0 Å². The van der Waals surface area contributed by atoms with Crippen molar-refractivity contribution in [1.82, 2.24) is 19.4 Å². The van der Waals surface area contributed by atoms with E-state index in [2.05, 4.69) is 59.6 Å². The summed E-state index contributed by atoms with van der Waals surface area (Å²) in [5.74, 6) is 0.580. The lowest BCUT2D eigenvalue weighted by molar-refractivity contribution is 0.370. The Hall–Kier alpha value is -2.79. The number of fused-ring (bicyclic) bond motifs is 2. The fourth-order valence-electron chi connectivity index (χ4n) is 4.76. The number of aryl methyl sites for hydroxylation is 1. The Labute approximate surface area is 178 Å². The SMILES string of the molecule is Cc1nc2c(F)cc(C3=CCc4ncc(C5=CCN(C)CC5)cc43)cc2n1C(C)C.[HH]. The molecule has 0 bridgehead atoms. The first-order valence-electron chi connectivity index (χ1n) is 10.7. The molecule has 0 saturated carbocycles. The first-order valence-corrected chi connectivity index (χ1v) is 10.7. The van der Waals surface area contributed by atoms with Crippen LogP contribution in [0.25, 0.3) is 22.2 Å². The van der Waals surface area contributed by atoms with Gasteiger partial charge in [-0.1, -0.05) is 12.2 Å². The lowest BCUT2D eigenvalue weighted by atomic mass is 9.95. The Bertz CT molecular complexity index is 1220. The van der Waals surface area contributed by atoms with Crippen molar-refractivity contribution in [3.05, 3.63) is 70.6 Å². The van der Waals surface area contributed by atoms with Gasteiger partial charge in [-0.05, 0) is 74.7 Å². The molecule has 2 aromatic heterocycles. The number of hydrogen-bond donors (Lipinski definition) is 0. The highest BCUT2D eigenvalue weighted by Crippen LogP contribution is 2.36. The topological polar surface area (TPSA) is 34.0 Å². The minimum atomic E-state index is -0.263. The van der Waals surface area contributed by atoms with Crippen LogP contribution in [0.5, 0.6) is 0 Å². The number of aromatic nitrogens is 3. The van der Waals surface area contributed by atoms with Gasteiger partial charge in [0.15, 0.2) is 5.82 Å². The predicted octanol–water partition coefficient (Wildman–Crippen LogP) is 5.41. The maximum Gasteiger partial charge on any atom is 0.151 e. The molecule has 4 nitrogen and oxygen atoms in total. The first kappa shape index (κ1) is 19.2. The molecule has 2 aliphatic rings. The molecule has 0 atom stereocenters. The maximum absolute atomic E-state index is 15.0. The molecule has 0 spiro atoms. The monoisotopic (exact) mass is 404 g/mol. The standard InChI is InChI=1S/C25H27FN4.H2/c1-15(2)30-16(3)28-25-22(26)12-18(13-24(25)30)20-5-6-23-21(20)11-19(14-27-23)17-7-9-29(4)10-8-17;/h5,7,11-15H,6,8-10H2,1-4H3;1H. The van der Waals surface area contributed by atoms with Gasteiger partial charge in [-0.15, -0.1) is 0 Å². The smallest absolute Gasteiger partial charge is 0.151 e. The first-order chi connectivity index (χ1) is 14.4. The average Bonchev–Trinajstić information content (AvgIpc) is 3.28. The molecular weight excluding hydrogens is 375 g/mol. The van der Waals surface area contributed by atoms with Crippen molar-refractivity contribution in [1.29, 1.82) is 0 Å². The van der Waals surface area contributed by atoms with Crippen LogP contribution in [-0.4, -0.2) is 39.6 Å². The van der Waals surface area contributed by atoms with Crippen molar-refractivity contribution in [2.45, 2.75) is 39.7 Å². The second-order valence-electron chi connectivity index (χ2n) is 8.73. The molecule has 0 amide bonds. The lowest BCUT2D eigenvalue weighted by Gasteiger charge is -2.22. The van der Waals surface area contributed by atoms with Crippen LogP contribution < -0.4 is 0 Å². The number of benzene rings is 1. The van der Waals surface area contributed by atoms with Gasteiger partial charge in [-0.2, -0.15) is 0 Å². The normalized spacial score (nSPS) is 16.9. The Morgan fingerprint density at radius 1 is 1.13 bits per heavy atom. The Morgan fingerprint density at radius 3 is 2.70 bits per heavy atom. The van der Waals surface area contributed by atoms with Crippen molar-refractivity contribution in [3.8, 4) is 0 Å². The number of rotatable bonds is 3. The summed E-state index contributed by atoms with van der Waals surface area (Å²) >= 11 is 0. The molecule has 3 aromatic rings. The maximum atomic E-state index is 15.0. The lowest BCUT2D eigenvalue weighted by Crippen LogP contribution is -2.23. The molecule has 30 heavy (non-hydrogen) atoms. The number of nitrogens with zero attached hydrogens (tertiary/aromatic N) is 4. The van der Waals surface area contributed by atoms with Crippen LogP contribution in [0.4, 0.5) is 4.39 Å². The van der Waals surface area contributed by atoms with Gasteiger partial charge in [0, 0.05) is 38.7 Å². The van der Waals surface area contributed by atoms with E-state index in [1.54, 1.807) is 6.07 Å². The van der Waals surface area contributed by atoms with E-state index in [1.165, 1.54) is 11.1 Å². The second kappa shape index (κ2) is 7.17. The molecular formula is C25H29FN4. The van der Waals surface area contributed by atoms with Crippen molar-refractivity contribution < 1.29 is 5.82 Å². The Balaban J connectivity index is 0.00000231. The summed E-state index contributed by atoms with van der Waals surface area (Å²) in [7, 11) is 2.14. The Morgan fingerprint density at radius 2 is 1.97 bits per heavy atom. The molecule has 0 radical (unpaired) electrons. The number of hydrogen-bond acceptors (Lipinski definition) is 3. The molecule has 0 fully saturated rings. The minimum absolute atomic E-state index is 0. The van der Waals surface area contributed by atoms with Crippen molar-refractivity contribution in [2.75, 3.05) is 20.1 Å². The summed E-state index contributed by atoms with van der Waals surface area (Å²) in [6.45, 7) is 8.18. The predicted molar refractivity (Wildman–Crippen MR) is 122 cm³/mol. The van der Waals surface area contributed by atoms with Gasteiger partial charge < -0.3 is 9.47 Å². The second-order valence-corrected chi connectivity index (χ2v) is 8.73. The summed E-state index contributed by atoms with van der Waals surface area (Å²) in [5.41, 5.74) is 8.00. The van der Waals surface area contributed by atoms with Crippen LogP contribution in [0, 0.1) is 12.7 Å². The molecule has 1 aliphatic carbocycles. The number of likely N-dealkylation sites (N-methyl/N-ethyl adjacent to an activating group) is 1. The molecule has 3 heterocycles. The van der Waals surface area contributed by atoms with Crippen LogP contribution in [0.3, 0.4) is 0 Å². The summed E-state index contributed by atoms with van der Waals surface area (Å²) in [4.78, 5) is 11.5. The van der Waals surface area contributed by atoms with Crippen LogP contribution >= 0.6 is 0 Å². The molecule has 5 heteroatoms. The fourth-order valence-corrected chi connectivity index (χ4v) is 4.76. The van der Waals surface area contributed by atoms with Crippen molar-refractivity contribution in [2.24, 2.45) is 0 Å². The number of pyridine rings is 1. The largest absolute Gasteiger partial charge is 0.326 e. The van der Waals surface area contributed by atoms with Gasteiger partial charge in [0.05, 0.1) is 11.2 Å². The average molecular weight is 405 g/mol. The molecule has 156 valence electrons. The van der Waals surface area contributed by atoms with E-state index in [4.69, 9.17) is 4.98 Å². The zero-order chi connectivity index (χ0) is 21.0. The summed E-state index contributed by atoms with van der Waals surface area (Å²) in [5, 5.41) is 0. The van der Waals surface area contributed by atoms with E-state index >= 15 is 4.39 Å². The minimum Gasteiger partial charge on any atom is -0.326 e. The van der Waals surface area contributed by atoms with E-state index < -0.39 is 0 Å². The van der Waals surface area contributed by atoms with Crippen LogP contribution in [0.15, 0.2) is 36.5 Å². The van der Waals surface area contributed by atoms with E-state index in [-0.39, 0.29) is 13.3 Å². The van der Waals surface area contributed by atoms with Gasteiger partial charge in [-0.3, -0.25) is 4.98 Å². The van der Waals surface area contributed by atoms with E-state index in [0.29, 0.717) is 5.52 Å². The highest BCUT2D eigenvalue weighted by Gasteiger charge is 2.22. The van der Waals surface area contributed by atoms with Crippen molar-refractivity contribution in [3.63, 3.8) is 0 Å². The number of halogens is 1. The van der Waals surface area contributed by atoms with Crippen LogP contribution in [-0.2, 0) is 6.42 Å². The number of allylic oxidation sites excluding steroid dienone is 1. The number of imidazole rings is 1. The zero-order valence-electron chi connectivity index (χ0n) is 18.0. The van der Waals surface area contributed by atoms with E-state index in [1.807, 2.05) is 13.1 Å². The molecule has 0 unspecified atom stereocenters. The van der Waals surface area contributed by atoms with Crippen LogP contribution in [0.1, 0.15) is 55.9 Å². The molecule has 1 aromatic carbocycles.